The minimum Gasteiger partial charge on any atom is -0.478 e. The summed E-state index contributed by atoms with van der Waals surface area (Å²) < 4.78 is 13.1. The van der Waals surface area contributed by atoms with Gasteiger partial charge in [-0.2, -0.15) is 0 Å². The number of amides is 1. The van der Waals surface area contributed by atoms with Crippen molar-refractivity contribution in [2.24, 2.45) is 0 Å². The van der Waals surface area contributed by atoms with E-state index >= 15 is 0 Å². The molecule has 1 heterocycles. The molecule has 0 spiro atoms. The Kier molecular flexibility index (Phi) is 4.18. The van der Waals surface area contributed by atoms with Gasteiger partial charge in [-0.15, -0.1) is 0 Å². The maximum absolute atomic E-state index is 13.1. The normalized spacial score (nSPS) is 10.2. The Balaban J connectivity index is 2.34. The van der Waals surface area contributed by atoms with E-state index in [1.165, 1.54) is 18.3 Å². The fraction of sp³-hybridized carbons (Fsp3) is 0.0714. The molecule has 0 saturated heterocycles. The highest BCUT2D eigenvalue weighted by atomic mass is 35.5. The van der Waals surface area contributed by atoms with Crippen LogP contribution >= 0.6 is 11.6 Å². The van der Waals surface area contributed by atoms with Gasteiger partial charge < -0.3 is 10.4 Å². The molecule has 0 unspecified atom stereocenters. The quantitative estimate of drug-likeness (QED) is 0.913. The number of carbonyl (C=O) groups excluding carboxylic acids is 1. The number of carboxylic acids is 1. The van der Waals surface area contributed by atoms with E-state index in [9.17, 15) is 14.0 Å². The van der Waals surface area contributed by atoms with Gasteiger partial charge in [-0.25, -0.2) is 9.18 Å². The fourth-order valence-electron chi connectivity index (χ4n) is 1.69. The molecule has 0 radical (unpaired) electrons. The number of rotatable bonds is 3. The molecule has 0 atom stereocenters. The van der Waals surface area contributed by atoms with Gasteiger partial charge in [-0.05, 0) is 31.2 Å². The smallest absolute Gasteiger partial charge is 0.337 e. The van der Waals surface area contributed by atoms with Crippen molar-refractivity contribution in [1.29, 1.82) is 0 Å². The highest BCUT2D eigenvalue weighted by molar-refractivity contribution is 6.34. The summed E-state index contributed by atoms with van der Waals surface area (Å²) in [6.07, 6.45) is 1.29. The number of carboxylic acid groups (broad SMARTS) is 1. The molecule has 21 heavy (non-hydrogen) atoms. The number of aromatic nitrogens is 1. The lowest BCUT2D eigenvalue weighted by Gasteiger charge is -2.09. The van der Waals surface area contributed by atoms with E-state index in [4.69, 9.17) is 16.7 Å². The average molecular weight is 309 g/mol. The van der Waals surface area contributed by atoms with E-state index < -0.39 is 17.7 Å². The van der Waals surface area contributed by atoms with Gasteiger partial charge in [0.25, 0.3) is 5.91 Å². The number of anilines is 1. The van der Waals surface area contributed by atoms with Crippen molar-refractivity contribution in [1.82, 2.24) is 4.98 Å². The molecule has 1 aromatic carbocycles. The number of aryl methyl sites for hydroxylation is 1. The van der Waals surface area contributed by atoms with Gasteiger partial charge >= 0.3 is 5.97 Å². The maximum Gasteiger partial charge on any atom is 0.337 e. The van der Waals surface area contributed by atoms with Crippen LogP contribution in [0.4, 0.5) is 10.1 Å². The van der Waals surface area contributed by atoms with E-state index in [1.54, 1.807) is 6.92 Å². The summed E-state index contributed by atoms with van der Waals surface area (Å²) in [6.45, 7) is 1.72. The highest BCUT2D eigenvalue weighted by Crippen LogP contribution is 2.21. The highest BCUT2D eigenvalue weighted by Gasteiger charge is 2.16. The molecule has 2 aromatic rings. The number of carbonyl (C=O) groups is 2. The van der Waals surface area contributed by atoms with Crippen molar-refractivity contribution in [2.75, 3.05) is 5.32 Å². The molecule has 1 amide bonds. The summed E-state index contributed by atoms with van der Waals surface area (Å²) in [5.74, 6) is -2.68. The van der Waals surface area contributed by atoms with Crippen molar-refractivity contribution >= 4 is 29.2 Å². The van der Waals surface area contributed by atoms with Crippen molar-refractivity contribution in [3.63, 3.8) is 0 Å². The minimum atomic E-state index is -1.35. The van der Waals surface area contributed by atoms with Gasteiger partial charge in [0.1, 0.15) is 5.82 Å². The molecule has 7 heteroatoms. The monoisotopic (exact) mass is 308 g/mol. The van der Waals surface area contributed by atoms with Crippen molar-refractivity contribution in [3.8, 4) is 0 Å². The van der Waals surface area contributed by atoms with Crippen LogP contribution in [0.3, 0.4) is 0 Å². The lowest BCUT2D eigenvalue weighted by atomic mass is 10.1. The van der Waals surface area contributed by atoms with Gasteiger partial charge in [0.05, 0.1) is 21.8 Å². The summed E-state index contributed by atoms with van der Waals surface area (Å²) in [5.41, 5.74) is 0.373. The average Bonchev–Trinajstić information content (AvgIpc) is 2.40. The second-order valence-electron chi connectivity index (χ2n) is 4.25. The fourth-order valence-corrected chi connectivity index (χ4v) is 1.98. The van der Waals surface area contributed by atoms with Gasteiger partial charge in [0.15, 0.2) is 0 Å². The number of nitrogens with one attached hydrogen (secondary N) is 1. The zero-order chi connectivity index (χ0) is 15.6. The molecule has 5 nitrogen and oxygen atoms in total. The number of nitrogens with zero attached hydrogens (tertiary/aromatic N) is 1. The third-order valence-corrected chi connectivity index (χ3v) is 3.01. The first kappa shape index (κ1) is 14.9. The SMILES string of the molecule is Cc1cc(Cl)c(C(=O)Nc2ccc(F)cc2C(=O)O)cn1. The van der Waals surface area contributed by atoms with Crippen LogP contribution in [-0.2, 0) is 0 Å². The summed E-state index contributed by atoms with van der Waals surface area (Å²) in [6, 6.07) is 4.56. The molecule has 0 aliphatic rings. The molecular weight excluding hydrogens is 299 g/mol. The van der Waals surface area contributed by atoms with Crippen LogP contribution in [-0.4, -0.2) is 22.0 Å². The van der Waals surface area contributed by atoms with Crippen LogP contribution < -0.4 is 5.32 Å². The van der Waals surface area contributed by atoms with Crippen LogP contribution in [0.5, 0.6) is 0 Å². The molecule has 2 N–H and O–H groups in total. The number of pyridine rings is 1. The number of aromatic carboxylic acids is 1. The van der Waals surface area contributed by atoms with E-state index in [-0.39, 0.29) is 21.8 Å². The number of benzene rings is 1. The molecule has 0 bridgehead atoms. The molecule has 0 fully saturated rings. The molecular formula is C14H10ClFN2O3. The van der Waals surface area contributed by atoms with Crippen molar-refractivity contribution < 1.29 is 19.1 Å². The molecule has 0 aliphatic heterocycles. The Morgan fingerprint density at radius 1 is 1.29 bits per heavy atom. The molecule has 2 rings (SSSR count). The first-order valence-electron chi connectivity index (χ1n) is 5.85. The van der Waals surface area contributed by atoms with Crippen LogP contribution in [0.15, 0.2) is 30.5 Å². The van der Waals surface area contributed by atoms with Crippen LogP contribution in [0.25, 0.3) is 0 Å². The maximum atomic E-state index is 13.1. The van der Waals surface area contributed by atoms with Crippen LogP contribution in [0.2, 0.25) is 5.02 Å². The predicted molar refractivity (Wildman–Crippen MR) is 75.3 cm³/mol. The summed E-state index contributed by atoms with van der Waals surface area (Å²) in [5, 5.41) is 11.6. The second-order valence-corrected chi connectivity index (χ2v) is 4.66. The standard InChI is InChI=1S/C14H10ClFN2O3/c1-7-4-11(15)10(6-17-7)13(19)18-12-3-2-8(16)5-9(12)14(20)21/h2-6H,1H3,(H,18,19)(H,20,21). The first-order chi connectivity index (χ1) is 9.88. The summed E-state index contributed by atoms with van der Waals surface area (Å²) >= 11 is 5.94. The van der Waals surface area contributed by atoms with Crippen LogP contribution in [0, 0.1) is 12.7 Å². The minimum absolute atomic E-state index is 0.0226. The predicted octanol–water partition coefficient (Wildman–Crippen LogP) is 3.13. The Bertz CT molecular complexity index is 734. The molecule has 1 aromatic heterocycles. The third kappa shape index (κ3) is 3.35. The van der Waals surface area contributed by atoms with E-state index in [2.05, 4.69) is 10.3 Å². The van der Waals surface area contributed by atoms with Gasteiger partial charge in [0.2, 0.25) is 0 Å². The van der Waals surface area contributed by atoms with Gasteiger partial charge in [0, 0.05) is 11.9 Å². The van der Waals surface area contributed by atoms with Gasteiger partial charge in [-0.1, -0.05) is 11.6 Å². The Morgan fingerprint density at radius 2 is 2.00 bits per heavy atom. The Labute approximate surface area is 124 Å². The third-order valence-electron chi connectivity index (χ3n) is 2.70. The van der Waals surface area contributed by atoms with Crippen molar-refractivity contribution in [2.45, 2.75) is 6.92 Å². The number of hydrogen-bond acceptors (Lipinski definition) is 3. The second kappa shape index (κ2) is 5.88. The van der Waals surface area contributed by atoms with E-state index in [1.807, 2.05) is 0 Å². The number of hydrogen-bond donors (Lipinski definition) is 2. The van der Waals surface area contributed by atoms with Crippen LogP contribution in [0.1, 0.15) is 26.4 Å². The van der Waals surface area contributed by atoms with E-state index in [0.717, 1.165) is 12.1 Å². The Hall–Kier alpha value is -2.47. The molecule has 108 valence electrons. The van der Waals surface area contributed by atoms with E-state index in [0.29, 0.717) is 5.69 Å². The summed E-state index contributed by atoms with van der Waals surface area (Å²) in [7, 11) is 0. The number of halogens is 2. The Morgan fingerprint density at radius 3 is 2.62 bits per heavy atom. The lowest BCUT2D eigenvalue weighted by molar-refractivity contribution is 0.0697. The first-order valence-corrected chi connectivity index (χ1v) is 6.22. The lowest BCUT2D eigenvalue weighted by Crippen LogP contribution is -2.16. The molecule has 0 aliphatic carbocycles. The topological polar surface area (TPSA) is 79.3 Å². The van der Waals surface area contributed by atoms with Crippen molar-refractivity contribution in [3.05, 3.63) is 58.1 Å². The summed E-state index contributed by atoms with van der Waals surface area (Å²) in [4.78, 5) is 27.1. The largest absolute Gasteiger partial charge is 0.478 e. The molecule has 0 saturated carbocycles. The van der Waals surface area contributed by atoms with Gasteiger partial charge in [-0.3, -0.25) is 9.78 Å². The zero-order valence-electron chi connectivity index (χ0n) is 10.9. The zero-order valence-corrected chi connectivity index (χ0v) is 11.6.